The van der Waals surface area contributed by atoms with Crippen LogP contribution in [0.4, 0.5) is 0 Å². The summed E-state index contributed by atoms with van der Waals surface area (Å²) in [7, 11) is 0. The van der Waals surface area contributed by atoms with Gasteiger partial charge >= 0.3 is 0 Å². The van der Waals surface area contributed by atoms with Gasteiger partial charge in [0.2, 0.25) is 0 Å². The number of para-hydroxylation sites is 2. The van der Waals surface area contributed by atoms with Crippen molar-refractivity contribution in [2.75, 3.05) is 0 Å². The molecular weight excluding hydrogens is 447 g/mol. The Morgan fingerprint density at radius 2 is 0.969 bits per heavy atom. The summed E-state index contributed by atoms with van der Waals surface area (Å²) in [6.07, 6.45) is 0. The average molecular weight is 465 g/mol. The minimum atomic E-state index is -0.0304. The summed E-state index contributed by atoms with van der Waals surface area (Å²) in [6, 6.07) is 27.6. The first-order valence-electron chi connectivity index (χ1n) is 9.69. The zero-order valence-electron chi connectivity index (χ0n) is 16.7. The van der Waals surface area contributed by atoms with E-state index in [1.54, 1.807) is 36.4 Å². The first kappa shape index (κ1) is 21.6. The summed E-state index contributed by atoms with van der Waals surface area (Å²) in [4.78, 5) is 0. The number of aromatic hydroxyl groups is 2. The molecule has 0 spiro atoms. The maximum absolute atomic E-state index is 10.1. The fraction of sp³-hybridized carbons (Fsp3) is 0. The van der Waals surface area contributed by atoms with Crippen LogP contribution in [0.3, 0.4) is 0 Å². The van der Waals surface area contributed by atoms with Gasteiger partial charge in [-0.05, 0) is 48.5 Å². The quantitative estimate of drug-likeness (QED) is 0.304. The smallest absolute Gasteiger partial charge is 0.139 e. The molecule has 0 amide bonds. The van der Waals surface area contributed by atoms with Gasteiger partial charge in [-0.15, -0.1) is 0 Å². The Morgan fingerprint density at radius 1 is 0.562 bits per heavy atom. The second-order valence-corrected chi connectivity index (χ2v) is 7.78. The molecule has 0 aliphatic rings. The molecule has 0 heterocycles. The number of halogens is 2. The fourth-order valence-corrected chi connectivity index (χ4v) is 3.59. The number of phenolic OH excluding ortho intramolecular Hbond substituents is 2. The maximum atomic E-state index is 10.1. The molecule has 0 saturated carbocycles. The van der Waals surface area contributed by atoms with Gasteiger partial charge in [0.15, 0.2) is 0 Å². The predicted octanol–water partition coefficient (Wildman–Crippen LogP) is 7.88. The van der Waals surface area contributed by atoms with Crippen molar-refractivity contribution in [3.8, 4) is 34.5 Å². The van der Waals surface area contributed by atoms with Gasteiger partial charge in [-0.3, -0.25) is 0 Å². The monoisotopic (exact) mass is 464 g/mol. The topological polar surface area (TPSA) is 58.9 Å². The van der Waals surface area contributed by atoms with Gasteiger partial charge in [0.05, 0.1) is 0 Å². The summed E-state index contributed by atoms with van der Waals surface area (Å²) in [5.41, 5.74) is 1.50. The molecule has 160 valence electrons. The molecule has 0 atom stereocenters. The number of hydrogen-bond acceptors (Lipinski definition) is 4. The van der Waals surface area contributed by atoms with E-state index >= 15 is 0 Å². The summed E-state index contributed by atoms with van der Waals surface area (Å²) in [5.74, 6) is 1.91. The lowest BCUT2D eigenvalue weighted by Gasteiger charge is -2.18. The zero-order chi connectivity index (χ0) is 22.5. The second kappa shape index (κ2) is 9.69. The van der Waals surface area contributed by atoms with Crippen molar-refractivity contribution in [3.63, 3.8) is 0 Å². The summed E-state index contributed by atoms with van der Waals surface area (Å²) in [5, 5.41) is 20.1. The Morgan fingerprint density at radius 3 is 1.34 bits per heavy atom. The third kappa shape index (κ3) is 4.99. The summed E-state index contributed by atoms with van der Waals surface area (Å²) >= 11 is 12.7. The molecule has 4 nitrogen and oxygen atoms in total. The van der Waals surface area contributed by atoms with Crippen LogP contribution in [-0.4, -0.2) is 10.2 Å². The van der Waals surface area contributed by atoms with E-state index < -0.39 is 0 Å². The SMILES string of the molecule is Oc1ccc(C(=C(Cl)Cl)c2ccc(O)cc2Oc2ccccc2)c(Oc2ccccc2)c1. The Labute approximate surface area is 195 Å². The molecule has 32 heavy (non-hydrogen) atoms. The first-order chi connectivity index (χ1) is 15.5. The highest BCUT2D eigenvalue weighted by atomic mass is 35.5. The maximum Gasteiger partial charge on any atom is 0.139 e. The lowest BCUT2D eigenvalue weighted by Crippen LogP contribution is -1.97. The van der Waals surface area contributed by atoms with Gasteiger partial charge in [-0.1, -0.05) is 59.6 Å². The van der Waals surface area contributed by atoms with Gasteiger partial charge < -0.3 is 19.7 Å². The van der Waals surface area contributed by atoms with Crippen LogP contribution in [0.15, 0.2) is 102 Å². The van der Waals surface area contributed by atoms with E-state index in [2.05, 4.69) is 0 Å². The standard InChI is InChI=1S/C26H18Cl2O4/c27-26(28)25(21-13-11-17(29)15-23(21)31-19-7-3-1-4-8-19)22-14-12-18(30)16-24(22)32-20-9-5-2-6-10-20/h1-16,29-30H. The van der Waals surface area contributed by atoms with Gasteiger partial charge in [-0.25, -0.2) is 0 Å². The van der Waals surface area contributed by atoms with Gasteiger partial charge in [0, 0.05) is 28.8 Å². The van der Waals surface area contributed by atoms with Gasteiger partial charge in [-0.2, -0.15) is 0 Å². The Hall–Kier alpha value is -3.60. The van der Waals surface area contributed by atoms with E-state index in [4.69, 9.17) is 32.7 Å². The number of benzene rings is 4. The van der Waals surface area contributed by atoms with Crippen molar-refractivity contribution in [1.29, 1.82) is 0 Å². The van der Waals surface area contributed by atoms with Crippen molar-refractivity contribution in [3.05, 3.63) is 113 Å². The number of rotatable bonds is 6. The normalized spacial score (nSPS) is 10.4. The van der Waals surface area contributed by atoms with Crippen LogP contribution in [0.25, 0.3) is 5.57 Å². The van der Waals surface area contributed by atoms with Crippen LogP contribution >= 0.6 is 23.2 Å². The molecule has 4 aromatic rings. The van der Waals surface area contributed by atoms with E-state index in [0.29, 0.717) is 39.7 Å². The molecule has 0 aliphatic heterocycles. The third-order valence-corrected chi connectivity index (χ3v) is 4.98. The molecule has 0 bridgehead atoms. The molecule has 0 unspecified atom stereocenters. The molecule has 0 aliphatic carbocycles. The molecule has 4 aromatic carbocycles. The van der Waals surface area contributed by atoms with Crippen LogP contribution in [0.5, 0.6) is 34.5 Å². The van der Waals surface area contributed by atoms with E-state index in [1.807, 2.05) is 36.4 Å². The molecule has 0 fully saturated rings. The van der Waals surface area contributed by atoms with E-state index in [9.17, 15) is 10.2 Å². The highest BCUT2D eigenvalue weighted by molar-refractivity contribution is 6.59. The largest absolute Gasteiger partial charge is 0.508 e. The second-order valence-electron chi connectivity index (χ2n) is 6.83. The van der Waals surface area contributed by atoms with Crippen molar-refractivity contribution in [2.45, 2.75) is 0 Å². The highest BCUT2D eigenvalue weighted by Gasteiger charge is 2.20. The molecule has 6 heteroatoms. The minimum Gasteiger partial charge on any atom is -0.508 e. The van der Waals surface area contributed by atoms with E-state index in [0.717, 1.165) is 0 Å². The van der Waals surface area contributed by atoms with Crippen molar-refractivity contribution < 1.29 is 19.7 Å². The minimum absolute atomic E-state index is 0.0243. The Bertz CT molecular complexity index is 1160. The van der Waals surface area contributed by atoms with Crippen molar-refractivity contribution in [1.82, 2.24) is 0 Å². The molecular formula is C26H18Cl2O4. The van der Waals surface area contributed by atoms with E-state index in [1.165, 1.54) is 24.3 Å². The highest BCUT2D eigenvalue weighted by Crippen LogP contribution is 2.44. The zero-order valence-corrected chi connectivity index (χ0v) is 18.2. The fourth-order valence-electron chi connectivity index (χ4n) is 3.18. The number of ether oxygens (including phenoxy) is 2. The third-order valence-electron chi connectivity index (χ3n) is 4.60. The summed E-state index contributed by atoms with van der Waals surface area (Å²) in [6.45, 7) is 0. The van der Waals surface area contributed by atoms with Crippen LogP contribution < -0.4 is 9.47 Å². The average Bonchev–Trinajstić information content (AvgIpc) is 2.78. The molecule has 0 saturated heterocycles. The van der Waals surface area contributed by atoms with Crippen LogP contribution in [0.2, 0.25) is 0 Å². The summed E-state index contributed by atoms with van der Waals surface area (Å²) < 4.78 is 12.0. The Kier molecular flexibility index (Phi) is 6.55. The van der Waals surface area contributed by atoms with Crippen molar-refractivity contribution >= 4 is 28.8 Å². The molecule has 2 N–H and O–H groups in total. The van der Waals surface area contributed by atoms with Gasteiger partial charge in [0.1, 0.15) is 39.0 Å². The number of phenols is 2. The van der Waals surface area contributed by atoms with Gasteiger partial charge in [0.25, 0.3) is 0 Å². The van der Waals surface area contributed by atoms with Crippen LogP contribution in [-0.2, 0) is 0 Å². The Balaban J connectivity index is 1.84. The van der Waals surface area contributed by atoms with E-state index in [-0.39, 0.29) is 16.0 Å². The predicted molar refractivity (Wildman–Crippen MR) is 127 cm³/mol. The lowest BCUT2D eigenvalue weighted by molar-refractivity contribution is 0.453. The molecule has 0 radical (unpaired) electrons. The lowest BCUT2D eigenvalue weighted by atomic mass is 9.97. The van der Waals surface area contributed by atoms with Crippen molar-refractivity contribution in [2.24, 2.45) is 0 Å². The molecule has 4 rings (SSSR count). The number of hydrogen-bond donors (Lipinski definition) is 2. The molecule has 0 aromatic heterocycles. The van der Waals surface area contributed by atoms with Crippen LogP contribution in [0, 0.1) is 0 Å². The van der Waals surface area contributed by atoms with Crippen LogP contribution in [0.1, 0.15) is 11.1 Å². The first-order valence-corrected chi connectivity index (χ1v) is 10.4.